The first kappa shape index (κ1) is 15.5. The van der Waals surface area contributed by atoms with Crippen LogP contribution in [-0.2, 0) is 0 Å². The van der Waals surface area contributed by atoms with Crippen molar-refractivity contribution in [3.63, 3.8) is 0 Å². The summed E-state index contributed by atoms with van der Waals surface area (Å²) < 4.78 is 40.3. The molecule has 1 aliphatic rings. The fourth-order valence-corrected chi connectivity index (χ4v) is 2.65. The topological polar surface area (TPSA) is 55.6 Å². The molecule has 0 radical (unpaired) electrons. The average Bonchev–Trinajstić information content (AvgIpc) is 2.68. The van der Waals surface area contributed by atoms with Crippen LogP contribution in [0.15, 0.2) is 18.2 Å². The van der Waals surface area contributed by atoms with Gasteiger partial charge < -0.3 is 15.4 Å². The van der Waals surface area contributed by atoms with Crippen molar-refractivity contribution < 1.29 is 22.7 Å². The Balaban J connectivity index is 2.18. The molecule has 2 N–H and O–H groups in total. The van der Waals surface area contributed by atoms with Crippen LogP contribution < -0.4 is 10.5 Å². The SMILES string of the molecule is CC1CC(C)N(C(=O)c2ccc(OC(F)(F)F)c(N)c2)C1. The highest BCUT2D eigenvalue weighted by molar-refractivity contribution is 5.95. The molecule has 1 aliphatic heterocycles. The van der Waals surface area contributed by atoms with E-state index in [0.717, 1.165) is 12.5 Å². The van der Waals surface area contributed by atoms with Crippen LogP contribution in [-0.4, -0.2) is 29.8 Å². The number of anilines is 1. The number of carbonyl (C=O) groups is 1. The predicted molar refractivity (Wildman–Crippen MR) is 71.8 cm³/mol. The van der Waals surface area contributed by atoms with Gasteiger partial charge in [-0.1, -0.05) is 6.92 Å². The maximum absolute atomic E-state index is 12.4. The molecule has 1 heterocycles. The number of halogens is 3. The molecule has 4 nitrogen and oxygen atoms in total. The largest absolute Gasteiger partial charge is 0.573 e. The molecule has 1 amide bonds. The van der Waals surface area contributed by atoms with Crippen molar-refractivity contribution in [3.05, 3.63) is 23.8 Å². The number of alkyl halides is 3. The molecule has 0 spiro atoms. The number of hydrogen-bond donors (Lipinski definition) is 1. The standard InChI is InChI=1S/C14H17F3N2O2/c1-8-5-9(2)19(7-8)13(20)10-3-4-12(11(18)6-10)21-14(15,16)17/h3-4,6,8-9H,5,7,18H2,1-2H3. The molecule has 1 aromatic rings. The highest BCUT2D eigenvalue weighted by Gasteiger charge is 2.33. The molecule has 2 rings (SSSR count). The van der Waals surface area contributed by atoms with Crippen LogP contribution >= 0.6 is 0 Å². The van der Waals surface area contributed by atoms with E-state index in [1.54, 1.807) is 4.90 Å². The van der Waals surface area contributed by atoms with E-state index in [0.29, 0.717) is 12.5 Å². The van der Waals surface area contributed by atoms with Crippen molar-refractivity contribution in [1.82, 2.24) is 4.90 Å². The van der Waals surface area contributed by atoms with Crippen LogP contribution in [0, 0.1) is 5.92 Å². The van der Waals surface area contributed by atoms with Gasteiger partial charge in [-0.15, -0.1) is 13.2 Å². The van der Waals surface area contributed by atoms with Crippen molar-refractivity contribution >= 4 is 11.6 Å². The summed E-state index contributed by atoms with van der Waals surface area (Å²) in [5.74, 6) is -0.312. The van der Waals surface area contributed by atoms with Gasteiger partial charge in [0.2, 0.25) is 0 Å². The van der Waals surface area contributed by atoms with Gasteiger partial charge in [-0.2, -0.15) is 0 Å². The van der Waals surface area contributed by atoms with E-state index in [2.05, 4.69) is 11.7 Å². The van der Waals surface area contributed by atoms with Gasteiger partial charge in [-0.25, -0.2) is 0 Å². The van der Waals surface area contributed by atoms with E-state index in [4.69, 9.17) is 5.73 Å². The van der Waals surface area contributed by atoms with Gasteiger partial charge in [-0.05, 0) is 37.5 Å². The van der Waals surface area contributed by atoms with E-state index in [1.165, 1.54) is 12.1 Å². The van der Waals surface area contributed by atoms with Gasteiger partial charge in [0.1, 0.15) is 0 Å². The summed E-state index contributed by atoms with van der Waals surface area (Å²) in [5, 5.41) is 0. The lowest BCUT2D eigenvalue weighted by atomic mass is 10.1. The molecule has 0 aromatic heterocycles. The van der Waals surface area contributed by atoms with Gasteiger partial charge in [0.25, 0.3) is 5.91 Å². The Morgan fingerprint density at radius 3 is 2.52 bits per heavy atom. The molecule has 0 saturated carbocycles. The summed E-state index contributed by atoms with van der Waals surface area (Å²) in [6.07, 6.45) is -3.89. The molecular weight excluding hydrogens is 285 g/mol. The van der Waals surface area contributed by atoms with E-state index in [-0.39, 0.29) is 23.2 Å². The summed E-state index contributed by atoms with van der Waals surface area (Å²) in [7, 11) is 0. The van der Waals surface area contributed by atoms with E-state index in [9.17, 15) is 18.0 Å². The number of nitrogen functional groups attached to an aromatic ring is 1. The van der Waals surface area contributed by atoms with E-state index in [1.807, 2.05) is 6.92 Å². The molecule has 2 atom stereocenters. The minimum Gasteiger partial charge on any atom is -0.404 e. The number of carbonyl (C=O) groups excluding carboxylic acids is 1. The summed E-state index contributed by atoms with van der Waals surface area (Å²) in [6.45, 7) is 4.64. The molecule has 0 bridgehead atoms. The fraction of sp³-hybridized carbons (Fsp3) is 0.500. The first-order chi connectivity index (χ1) is 9.67. The van der Waals surface area contributed by atoms with Crippen LogP contribution in [0.25, 0.3) is 0 Å². The molecule has 0 aliphatic carbocycles. The van der Waals surface area contributed by atoms with Gasteiger partial charge in [0.15, 0.2) is 5.75 Å². The van der Waals surface area contributed by atoms with E-state index >= 15 is 0 Å². The Morgan fingerprint density at radius 2 is 2.05 bits per heavy atom. The van der Waals surface area contributed by atoms with Crippen LogP contribution in [0.3, 0.4) is 0 Å². The number of amides is 1. The highest BCUT2D eigenvalue weighted by atomic mass is 19.4. The molecule has 7 heteroatoms. The van der Waals surface area contributed by atoms with Gasteiger partial charge in [-0.3, -0.25) is 4.79 Å². The molecule has 116 valence electrons. The summed E-state index contributed by atoms with van der Waals surface area (Å²) in [6, 6.07) is 3.70. The Hall–Kier alpha value is -1.92. The number of hydrogen-bond acceptors (Lipinski definition) is 3. The Morgan fingerprint density at radius 1 is 1.38 bits per heavy atom. The van der Waals surface area contributed by atoms with Gasteiger partial charge >= 0.3 is 6.36 Å². The molecule has 1 aromatic carbocycles. The number of nitrogens with zero attached hydrogens (tertiary/aromatic N) is 1. The third kappa shape index (κ3) is 3.59. The molecule has 1 fully saturated rings. The van der Waals surface area contributed by atoms with Crippen LogP contribution in [0.5, 0.6) is 5.75 Å². The summed E-state index contributed by atoms with van der Waals surface area (Å²) in [5.41, 5.74) is 5.59. The smallest absolute Gasteiger partial charge is 0.404 e. The van der Waals surface area contributed by atoms with Crippen LogP contribution in [0.1, 0.15) is 30.6 Å². The average molecular weight is 302 g/mol. The normalized spacial score (nSPS) is 22.4. The second kappa shape index (κ2) is 5.46. The quantitative estimate of drug-likeness (QED) is 0.854. The monoisotopic (exact) mass is 302 g/mol. The number of rotatable bonds is 2. The van der Waals surface area contributed by atoms with Crippen LogP contribution in [0.2, 0.25) is 0 Å². The highest BCUT2D eigenvalue weighted by Crippen LogP contribution is 2.30. The lowest BCUT2D eigenvalue weighted by molar-refractivity contribution is -0.274. The van der Waals surface area contributed by atoms with Crippen molar-refractivity contribution in [3.8, 4) is 5.75 Å². The number of benzene rings is 1. The molecular formula is C14H17F3N2O2. The first-order valence-electron chi connectivity index (χ1n) is 6.63. The maximum atomic E-state index is 12.4. The van der Waals surface area contributed by atoms with Crippen molar-refractivity contribution in [2.75, 3.05) is 12.3 Å². The van der Waals surface area contributed by atoms with Gasteiger partial charge in [0, 0.05) is 18.2 Å². The Kier molecular flexibility index (Phi) is 4.02. The number of likely N-dealkylation sites (tertiary alicyclic amines) is 1. The van der Waals surface area contributed by atoms with Crippen molar-refractivity contribution in [1.29, 1.82) is 0 Å². The van der Waals surface area contributed by atoms with Gasteiger partial charge in [0.05, 0.1) is 5.69 Å². The lowest BCUT2D eigenvalue weighted by Gasteiger charge is -2.22. The minimum absolute atomic E-state index is 0.111. The first-order valence-corrected chi connectivity index (χ1v) is 6.63. The summed E-state index contributed by atoms with van der Waals surface area (Å²) in [4.78, 5) is 14.1. The fourth-order valence-electron chi connectivity index (χ4n) is 2.65. The third-order valence-corrected chi connectivity index (χ3v) is 3.53. The number of ether oxygens (including phenoxy) is 1. The van der Waals surface area contributed by atoms with Crippen LogP contribution in [0.4, 0.5) is 18.9 Å². The second-order valence-electron chi connectivity index (χ2n) is 5.45. The zero-order valence-corrected chi connectivity index (χ0v) is 11.8. The number of nitrogens with two attached hydrogens (primary N) is 1. The molecule has 1 saturated heterocycles. The Labute approximate surface area is 120 Å². The lowest BCUT2D eigenvalue weighted by Crippen LogP contribution is -2.34. The second-order valence-corrected chi connectivity index (χ2v) is 5.45. The summed E-state index contributed by atoms with van der Waals surface area (Å²) >= 11 is 0. The van der Waals surface area contributed by atoms with Crippen molar-refractivity contribution in [2.24, 2.45) is 5.92 Å². The predicted octanol–water partition coefficient (Wildman–Crippen LogP) is 3.04. The molecule has 2 unspecified atom stereocenters. The Bertz CT molecular complexity index is 546. The maximum Gasteiger partial charge on any atom is 0.573 e. The third-order valence-electron chi connectivity index (χ3n) is 3.53. The van der Waals surface area contributed by atoms with E-state index < -0.39 is 12.1 Å². The zero-order valence-electron chi connectivity index (χ0n) is 11.8. The zero-order chi connectivity index (χ0) is 15.8. The molecule has 21 heavy (non-hydrogen) atoms. The van der Waals surface area contributed by atoms with Crippen molar-refractivity contribution in [2.45, 2.75) is 32.7 Å². The minimum atomic E-state index is -4.81.